The Kier molecular flexibility index (Phi) is 6.68. The highest BCUT2D eigenvalue weighted by Gasteiger charge is 2.32. The molecule has 7 nitrogen and oxygen atoms in total. The van der Waals surface area contributed by atoms with E-state index in [1.54, 1.807) is 13.0 Å². The molecule has 1 fully saturated rings. The second kappa shape index (κ2) is 9.76. The summed E-state index contributed by atoms with van der Waals surface area (Å²) in [6.45, 7) is 5.98. The Hall–Kier alpha value is -3.07. The van der Waals surface area contributed by atoms with Crippen molar-refractivity contribution in [1.29, 1.82) is 0 Å². The average Bonchev–Trinajstić information content (AvgIpc) is 2.98. The van der Waals surface area contributed by atoms with Gasteiger partial charge in [-0.1, -0.05) is 41.9 Å². The Labute approximate surface area is 216 Å². The van der Waals surface area contributed by atoms with Gasteiger partial charge in [-0.2, -0.15) is 0 Å². The van der Waals surface area contributed by atoms with Crippen LogP contribution in [0.15, 0.2) is 59.5 Å². The molecule has 0 atom stereocenters. The van der Waals surface area contributed by atoms with Crippen molar-refractivity contribution in [2.45, 2.75) is 24.1 Å². The molecule has 2 heterocycles. The number of piperazine rings is 1. The topological polar surface area (TPSA) is 76.2 Å². The number of benzene rings is 3. The monoisotopic (exact) mass is 526 g/mol. The zero-order chi connectivity index (χ0) is 25.4. The van der Waals surface area contributed by atoms with Crippen LogP contribution in [0.3, 0.4) is 0 Å². The van der Waals surface area contributed by atoms with Gasteiger partial charge in [-0.15, -0.1) is 0 Å². The van der Waals surface area contributed by atoms with Crippen LogP contribution in [0.2, 0.25) is 5.02 Å². The number of aryl methyl sites for hydroxylation is 1. The molecule has 3 aromatic carbocycles. The fourth-order valence-corrected chi connectivity index (χ4v) is 6.61. The fourth-order valence-electron chi connectivity index (χ4n) is 4.77. The van der Waals surface area contributed by atoms with Crippen LogP contribution in [-0.2, 0) is 26.9 Å². The highest BCUT2D eigenvalue weighted by molar-refractivity contribution is 7.90. The number of carbonyl (C=O) groups is 1. The van der Waals surface area contributed by atoms with E-state index in [0.29, 0.717) is 21.9 Å². The molecule has 9 heteroatoms. The van der Waals surface area contributed by atoms with Gasteiger partial charge in [-0.3, -0.25) is 4.90 Å². The van der Waals surface area contributed by atoms with Crippen LogP contribution in [0.5, 0.6) is 11.5 Å². The number of fused-ring (bicyclic) bond motifs is 2. The van der Waals surface area contributed by atoms with Crippen LogP contribution in [0.4, 0.5) is 5.69 Å². The number of methoxy groups -OCH3 is 1. The first kappa shape index (κ1) is 24.6. The third kappa shape index (κ3) is 4.81. The predicted octanol–water partition coefficient (Wildman–Crippen LogP) is 4.84. The van der Waals surface area contributed by atoms with E-state index in [-0.39, 0.29) is 22.0 Å². The van der Waals surface area contributed by atoms with Gasteiger partial charge >= 0.3 is 5.97 Å². The second-order valence-corrected chi connectivity index (χ2v) is 11.5. The first-order chi connectivity index (χ1) is 17.2. The summed E-state index contributed by atoms with van der Waals surface area (Å²) < 4.78 is 37.7. The molecule has 0 N–H and O–H groups in total. The number of carbonyl (C=O) groups excluding carboxylic acids is 1. The van der Waals surface area contributed by atoms with Gasteiger partial charge in [0.15, 0.2) is 9.84 Å². The number of ether oxygens (including phenoxy) is 2. The van der Waals surface area contributed by atoms with E-state index >= 15 is 0 Å². The van der Waals surface area contributed by atoms with Crippen molar-refractivity contribution in [3.8, 4) is 11.5 Å². The Balaban J connectivity index is 1.41. The number of rotatable bonds is 4. The maximum absolute atomic E-state index is 13.4. The van der Waals surface area contributed by atoms with Gasteiger partial charge in [-0.25, -0.2) is 13.2 Å². The number of sulfone groups is 1. The normalized spacial score (nSPS) is 16.9. The zero-order valence-corrected chi connectivity index (χ0v) is 21.7. The minimum atomic E-state index is -3.80. The van der Waals surface area contributed by atoms with Crippen molar-refractivity contribution in [1.82, 2.24) is 4.90 Å². The molecule has 0 radical (unpaired) electrons. The zero-order valence-electron chi connectivity index (χ0n) is 20.2. The number of anilines is 1. The molecule has 0 unspecified atom stereocenters. The molecular formula is C27H27ClN2O5S. The quantitative estimate of drug-likeness (QED) is 0.450. The second-order valence-electron chi connectivity index (χ2n) is 9.14. The molecule has 36 heavy (non-hydrogen) atoms. The van der Waals surface area contributed by atoms with E-state index in [1.807, 2.05) is 18.2 Å². The first-order valence-corrected chi connectivity index (χ1v) is 13.8. The standard InChI is InChI=1S/C27H27ClN2O5S/c1-18-12-20(27(31)34-2)14-24-25(18)35-26-21(17-36(24,32)33)13-22(15-23(26)28)30-10-8-29(9-11-30)16-19-6-4-3-5-7-19/h3-7,12-15H,8-11,16-17H2,1-2H3. The van der Waals surface area contributed by atoms with Crippen molar-refractivity contribution in [3.05, 3.63) is 81.9 Å². The lowest BCUT2D eigenvalue weighted by Crippen LogP contribution is -2.46. The lowest BCUT2D eigenvalue weighted by molar-refractivity contribution is 0.0600. The van der Waals surface area contributed by atoms with Crippen LogP contribution < -0.4 is 9.64 Å². The number of nitrogens with zero attached hydrogens (tertiary/aromatic N) is 2. The van der Waals surface area contributed by atoms with Gasteiger partial charge < -0.3 is 14.4 Å². The van der Waals surface area contributed by atoms with Gasteiger partial charge in [-0.05, 0) is 42.3 Å². The molecule has 0 amide bonds. The molecule has 1 saturated heterocycles. The molecule has 0 spiro atoms. The summed E-state index contributed by atoms with van der Waals surface area (Å²) in [4.78, 5) is 16.7. The fraction of sp³-hybridized carbons (Fsp3) is 0.296. The third-order valence-corrected chi connectivity index (χ3v) is 8.58. The van der Waals surface area contributed by atoms with E-state index in [4.69, 9.17) is 21.1 Å². The Morgan fingerprint density at radius 1 is 1.03 bits per heavy atom. The van der Waals surface area contributed by atoms with Crippen molar-refractivity contribution >= 4 is 33.1 Å². The minimum Gasteiger partial charge on any atom is -0.465 e. The van der Waals surface area contributed by atoms with E-state index < -0.39 is 15.8 Å². The summed E-state index contributed by atoms with van der Waals surface area (Å²) >= 11 is 6.66. The molecule has 2 aliphatic rings. The number of halogens is 1. The van der Waals surface area contributed by atoms with Crippen LogP contribution >= 0.6 is 11.6 Å². The van der Waals surface area contributed by atoms with E-state index in [0.717, 1.165) is 38.4 Å². The molecule has 5 rings (SSSR count). The van der Waals surface area contributed by atoms with Gasteiger partial charge in [0, 0.05) is 44.0 Å². The van der Waals surface area contributed by atoms with Crippen LogP contribution in [0, 0.1) is 6.92 Å². The van der Waals surface area contributed by atoms with Crippen molar-refractivity contribution in [3.63, 3.8) is 0 Å². The minimum absolute atomic E-state index is 0.0359. The summed E-state index contributed by atoms with van der Waals surface area (Å²) in [5.74, 6) is -0.365. The number of hydrogen-bond acceptors (Lipinski definition) is 7. The number of esters is 1. The molecule has 0 aromatic heterocycles. The molecule has 188 valence electrons. The molecular weight excluding hydrogens is 500 g/mol. The summed E-state index contributed by atoms with van der Waals surface area (Å²) in [7, 11) is -2.55. The Bertz CT molecular complexity index is 1420. The summed E-state index contributed by atoms with van der Waals surface area (Å²) in [5, 5.41) is 0.355. The predicted molar refractivity (Wildman–Crippen MR) is 139 cm³/mol. The largest absolute Gasteiger partial charge is 0.465 e. The van der Waals surface area contributed by atoms with E-state index in [2.05, 4.69) is 34.1 Å². The van der Waals surface area contributed by atoms with Crippen molar-refractivity contribution in [2.75, 3.05) is 38.2 Å². The van der Waals surface area contributed by atoms with E-state index in [9.17, 15) is 13.2 Å². The lowest BCUT2D eigenvalue weighted by atomic mass is 10.1. The maximum atomic E-state index is 13.4. The van der Waals surface area contributed by atoms with Gasteiger partial charge in [0.05, 0.1) is 23.4 Å². The van der Waals surface area contributed by atoms with Crippen molar-refractivity contribution in [2.24, 2.45) is 0 Å². The summed E-state index contributed by atoms with van der Waals surface area (Å²) in [6, 6.07) is 16.9. The molecule has 2 aliphatic heterocycles. The highest BCUT2D eigenvalue weighted by atomic mass is 35.5. The van der Waals surface area contributed by atoms with Crippen LogP contribution in [-0.4, -0.2) is 52.6 Å². The highest BCUT2D eigenvalue weighted by Crippen LogP contribution is 2.45. The van der Waals surface area contributed by atoms with Crippen LogP contribution in [0.25, 0.3) is 0 Å². The smallest absolute Gasteiger partial charge is 0.337 e. The molecule has 0 aliphatic carbocycles. The summed E-state index contributed by atoms with van der Waals surface area (Å²) in [5.41, 5.74) is 3.33. The summed E-state index contributed by atoms with van der Waals surface area (Å²) in [6.07, 6.45) is 0. The van der Waals surface area contributed by atoms with Gasteiger partial charge in [0.25, 0.3) is 0 Å². The maximum Gasteiger partial charge on any atom is 0.337 e. The Morgan fingerprint density at radius 3 is 2.44 bits per heavy atom. The SMILES string of the molecule is COC(=O)c1cc(C)c2c(c1)S(=O)(=O)Cc1cc(N3CCN(Cc4ccccc4)CC3)cc(Cl)c1O2. The average molecular weight is 527 g/mol. The molecule has 0 saturated carbocycles. The van der Waals surface area contributed by atoms with Gasteiger partial charge in [0.2, 0.25) is 0 Å². The number of hydrogen-bond donors (Lipinski definition) is 0. The Morgan fingerprint density at radius 2 is 1.75 bits per heavy atom. The lowest BCUT2D eigenvalue weighted by Gasteiger charge is -2.36. The van der Waals surface area contributed by atoms with E-state index in [1.165, 1.54) is 18.7 Å². The molecule has 3 aromatic rings. The van der Waals surface area contributed by atoms with Crippen LogP contribution in [0.1, 0.15) is 27.0 Å². The molecule has 0 bridgehead atoms. The third-order valence-electron chi connectivity index (χ3n) is 6.64. The van der Waals surface area contributed by atoms with Crippen molar-refractivity contribution < 1.29 is 22.7 Å². The first-order valence-electron chi connectivity index (χ1n) is 11.7. The van der Waals surface area contributed by atoms with Gasteiger partial charge in [0.1, 0.15) is 16.4 Å².